The molecule has 1 N–H and O–H groups in total. The van der Waals surface area contributed by atoms with Crippen LogP contribution in [0.15, 0.2) is 42.5 Å². The van der Waals surface area contributed by atoms with Crippen LogP contribution in [0.1, 0.15) is 63.5 Å². The van der Waals surface area contributed by atoms with E-state index in [-0.39, 0.29) is 36.8 Å². The summed E-state index contributed by atoms with van der Waals surface area (Å²) in [5.74, 6) is -1.60. The second kappa shape index (κ2) is 10.8. The maximum atomic E-state index is 14.0. The Hall–Kier alpha value is -3.59. The van der Waals surface area contributed by atoms with Gasteiger partial charge in [0.05, 0.1) is 37.3 Å². The summed E-state index contributed by atoms with van der Waals surface area (Å²) < 4.78 is 39.7. The molecule has 0 unspecified atom stereocenters. The van der Waals surface area contributed by atoms with E-state index < -0.39 is 17.5 Å². The normalized spacial score (nSPS) is 13.7. The molecule has 2 aromatic heterocycles. The van der Waals surface area contributed by atoms with Gasteiger partial charge in [-0.15, -0.1) is 0 Å². The number of ketones is 1. The third kappa shape index (κ3) is 5.40. The molecule has 0 fully saturated rings. The number of nitrogens with zero attached hydrogens (tertiary/aromatic N) is 2. The van der Waals surface area contributed by atoms with Crippen molar-refractivity contribution in [1.29, 1.82) is 0 Å². The number of carbonyl (C=O) groups is 2. The molecule has 0 saturated carbocycles. The molecule has 1 atom stereocenters. The van der Waals surface area contributed by atoms with Crippen LogP contribution in [0.2, 0.25) is 0 Å². The molecule has 0 spiro atoms. The number of hydrogen-bond donors (Lipinski definition) is 1. The fourth-order valence-corrected chi connectivity index (χ4v) is 4.25. The van der Waals surface area contributed by atoms with Crippen LogP contribution in [0.25, 0.3) is 0 Å². The third-order valence-corrected chi connectivity index (χ3v) is 6.19. The van der Waals surface area contributed by atoms with Crippen molar-refractivity contribution in [2.24, 2.45) is 0 Å². The van der Waals surface area contributed by atoms with Crippen LogP contribution in [-0.2, 0) is 24.4 Å². The second-order valence-electron chi connectivity index (χ2n) is 8.35. The molecule has 0 radical (unpaired) electrons. The molecule has 1 aromatic carbocycles. The number of ether oxygens (including phenoxy) is 2. The largest absolute Gasteiger partial charge is 0.481 e. The van der Waals surface area contributed by atoms with Gasteiger partial charge in [-0.3, -0.25) is 9.59 Å². The van der Waals surface area contributed by atoms with Gasteiger partial charge in [0.1, 0.15) is 11.6 Å². The topological polar surface area (TPSA) is 82.5 Å². The number of benzene rings is 1. The zero-order valence-corrected chi connectivity index (χ0v) is 19.6. The predicted molar refractivity (Wildman–Crippen MR) is 124 cm³/mol. The van der Waals surface area contributed by atoms with E-state index in [0.29, 0.717) is 42.4 Å². The number of aromatic nitrogens is 2. The lowest BCUT2D eigenvalue weighted by atomic mass is 9.94. The highest BCUT2D eigenvalue weighted by Gasteiger charge is 2.27. The lowest BCUT2D eigenvalue weighted by Gasteiger charge is -2.20. The van der Waals surface area contributed by atoms with Gasteiger partial charge in [-0.1, -0.05) is 19.1 Å². The number of nitrogens with one attached hydrogen (secondary N) is 1. The van der Waals surface area contributed by atoms with E-state index in [0.717, 1.165) is 17.8 Å². The van der Waals surface area contributed by atoms with E-state index in [1.165, 1.54) is 6.07 Å². The van der Waals surface area contributed by atoms with Gasteiger partial charge in [-0.25, -0.2) is 13.8 Å². The van der Waals surface area contributed by atoms with Gasteiger partial charge in [-0.2, -0.15) is 0 Å². The molecule has 184 valence electrons. The number of methoxy groups -OCH3 is 1. The van der Waals surface area contributed by atoms with Crippen molar-refractivity contribution in [2.75, 3.05) is 13.7 Å². The average Bonchev–Trinajstić information content (AvgIpc) is 3.26. The molecule has 3 heterocycles. The number of fused-ring (bicyclic) bond motifs is 1. The molecule has 7 nitrogen and oxygen atoms in total. The Morgan fingerprint density at radius 1 is 1.23 bits per heavy atom. The van der Waals surface area contributed by atoms with Gasteiger partial charge < -0.3 is 19.4 Å². The fourth-order valence-electron chi connectivity index (χ4n) is 4.25. The minimum absolute atomic E-state index is 0.103. The van der Waals surface area contributed by atoms with Gasteiger partial charge in [-0.05, 0) is 24.6 Å². The number of hydrogen-bond acceptors (Lipinski definition) is 5. The Kier molecular flexibility index (Phi) is 7.55. The molecular formula is C26H27F2N3O4. The van der Waals surface area contributed by atoms with Crippen molar-refractivity contribution < 1.29 is 27.8 Å². The van der Waals surface area contributed by atoms with Crippen molar-refractivity contribution in [3.8, 4) is 5.88 Å². The van der Waals surface area contributed by atoms with Gasteiger partial charge in [0.25, 0.3) is 5.91 Å². The molecule has 1 aliphatic rings. The summed E-state index contributed by atoms with van der Waals surface area (Å²) in [6.07, 6.45) is 0.933. The van der Waals surface area contributed by atoms with Gasteiger partial charge in [0, 0.05) is 48.8 Å². The Morgan fingerprint density at radius 3 is 2.80 bits per heavy atom. The molecule has 35 heavy (non-hydrogen) atoms. The smallest absolute Gasteiger partial charge is 0.253 e. The fraction of sp³-hybridized carbons (Fsp3) is 0.346. The summed E-state index contributed by atoms with van der Waals surface area (Å²) in [5.41, 5.74) is 2.28. The van der Waals surface area contributed by atoms with Crippen LogP contribution < -0.4 is 10.1 Å². The predicted octanol–water partition coefficient (Wildman–Crippen LogP) is 4.40. The maximum absolute atomic E-state index is 14.0. The maximum Gasteiger partial charge on any atom is 0.253 e. The van der Waals surface area contributed by atoms with Crippen LogP contribution in [0.5, 0.6) is 5.88 Å². The second-order valence-corrected chi connectivity index (χ2v) is 8.35. The van der Waals surface area contributed by atoms with E-state index in [1.807, 2.05) is 23.6 Å². The molecule has 3 aromatic rings. The quantitative estimate of drug-likeness (QED) is 0.457. The third-order valence-electron chi connectivity index (χ3n) is 6.19. The number of Topliss-reactive ketones (excluding diaryl/α,β-unsaturated/α-hetero) is 1. The van der Waals surface area contributed by atoms with Crippen molar-refractivity contribution in [3.05, 3.63) is 82.3 Å². The van der Waals surface area contributed by atoms with E-state index in [4.69, 9.17) is 9.47 Å². The van der Waals surface area contributed by atoms with Crippen molar-refractivity contribution in [2.45, 2.75) is 45.4 Å². The summed E-state index contributed by atoms with van der Waals surface area (Å²) in [7, 11) is 1.55. The average molecular weight is 484 g/mol. The zero-order valence-electron chi connectivity index (χ0n) is 19.6. The van der Waals surface area contributed by atoms with Crippen LogP contribution in [0.3, 0.4) is 0 Å². The summed E-state index contributed by atoms with van der Waals surface area (Å²) >= 11 is 0. The minimum Gasteiger partial charge on any atom is -0.481 e. The van der Waals surface area contributed by atoms with E-state index in [2.05, 4.69) is 10.3 Å². The number of amides is 1. The molecule has 1 amide bonds. The summed E-state index contributed by atoms with van der Waals surface area (Å²) in [5, 5.41) is 2.66. The molecule has 1 aliphatic heterocycles. The van der Waals surface area contributed by atoms with Crippen molar-refractivity contribution in [3.63, 3.8) is 0 Å². The molecular weight excluding hydrogens is 456 g/mol. The highest BCUT2D eigenvalue weighted by Crippen LogP contribution is 2.28. The van der Waals surface area contributed by atoms with Gasteiger partial charge >= 0.3 is 0 Å². The first-order chi connectivity index (χ1) is 16.9. The lowest BCUT2D eigenvalue weighted by molar-refractivity contribution is 0.0783. The van der Waals surface area contributed by atoms with Gasteiger partial charge in [0.2, 0.25) is 5.88 Å². The molecule has 0 bridgehead atoms. The number of pyridine rings is 1. The highest BCUT2D eigenvalue weighted by molar-refractivity contribution is 6.01. The van der Waals surface area contributed by atoms with Crippen LogP contribution in [0, 0.1) is 11.6 Å². The number of carbonyl (C=O) groups excluding carboxylic acids is 2. The Labute approximate surface area is 202 Å². The number of halogens is 2. The van der Waals surface area contributed by atoms with E-state index >= 15 is 0 Å². The molecule has 4 rings (SSSR count). The van der Waals surface area contributed by atoms with Crippen molar-refractivity contribution >= 4 is 11.7 Å². The summed E-state index contributed by atoms with van der Waals surface area (Å²) in [6.45, 7) is 2.95. The summed E-state index contributed by atoms with van der Waals surface area (Å²) in [6, 6.07) is 10.2. The van der Waals surface area contributed by atoms with Crippen molar-refractivity contribution in [1.82, 2.24) is 14.9 Å². The Balaban J connectivity index is 1.55. The first-order valence-corrected chi connectivity index (χ1v) is 11.5. The van der Waals surface area contributed by atoms with Gasteiger partial charge in [0.15, 0.2) is 5.78 Å². The zero-order chi connectivity index (χ0) is 24.9. The molecule has 0 aliphatic carbocycles. The highest BCUT2D eigenvalue weighted by atomic mass is 19.1. The van der Waals surface area contributed by atoms with Crippen LogP contribution in [0.4, 0.5) is 8.78 Å². The van der Waals surface area contributed by atoms with Crippen LogP contribution in [-0.4, -0.2) is 35.0 Å². The minimum atomic E-state index is -0.736. The SMILES string of the molecule is CC[C@@H](CC(=O)c1cc(C(=O)NCc2ccc(F)cc2F)c2n1CCOC2)c1cccc(OC)n1. The number of rotatable bonds is 9. The molecule has 9 heteroatoms. The first-order valence-electron chi connectivity index (χ1n) is 11.5. The standard InChI is InChI=1S/C26H27F2N3O4/c1-3-16(21-5-4-6-25(30-21)34-2)11-24(32)22-13-19(23-15-35-10-9-31(22)23)26(33)29-14-17-7-8-18(27)12-20(17)28/h4-8,12-13,16H,3,9-11,14-15H2,1-2H3,(H,29,33)/t16-/m0/s1. The first kappa shape index (κ1) is 24.5. The Bertz CT molecular complexity index is 1240. The van der Waals surface area contributed by atoms with E-state index in [1.54, 1.807) is 19.2 Å². The summed E-state index contributed by atoms with van der Waals surface area (Å²) in [4.78, 5) is 30.8. The van der Waals surface area contributed by atoms with Crippen LogP contribution >= 0.6 is 0 Å². The Morgan fingerprint density at radius 2 is 2.06 bits per heavy atom. The lowest BCUT2D eigenvalue weighted by Crippen LogP contribution is -2.26. The monoisotopic (exact) mass is 483 g/mol. The van der Waals surface area contributed by atoms with E-state index in [9.17, 15) is 18.4 Å². The molecule has 0 saturated heterocycles.